The average molecular weight is 427 g/mol. The average Bonchev–Trinajstić information content (AvgIpc) is 3.19. The van der Waals surface area contributed by atoms with E-state index in [0.717, 1.165) is 46.7 Å². The predicted molar refractivity (Wildman–Crippen MR) is 115 cm³/mol. The molecule has 6 rings (SSSR count). The summed E-state index contributed by atoms with van der Waals surface area (Å²) in [5.74, 6) is 2.33. The standard InChI is InChI=1S/C23H21N7O2/c1-13(2)21-20-16(10-17(14-8-9-14)25-23(20)32-29-21)22-26-18(28-31-22)11-19-27-24-12-30(19)15-6-4-3-5-7-15/h3-7,10,12-14H,8-9,11H2,1-2H3. The summed E-state index contributed by atoms with van der Waals surface area (Å²) in [6.45, 7) is 4.15. The van der Waals surface area contributed by atoms with Crippen molar-refractivity contribution < 1.29 is 9.05 Å². The van der Waals surface area contributed by atoms with Gasteiger partial charge in [0.1, 0.15) is 12.2 Å². The Morgan fingerprint density at radius 2 is 1.91 bits per heavy atom. The third kappa shape index (κ3) is 3.26. The van der Waals surface area contributed by atoms with Gasteiger partial charge in [-0.3, -0.25) is 4.57 Å². The fourth-order valence-corrected chi connectivity index (χ4v) is 3.90. The smallest absolute Gasteiger partial charge is 0.259 e. The predicted octanol–water partition coefficient (Wildman–Crippen LogP) is 4.45. The zero-order valence-electron chi connectivity index (χ0n) is 17.8. The molecule has 0 N–H and O–H groups in total. The first kappa shape index (κ1) is 18.9. The van der Waals surface area contributed by atoms with Crippen LogP contribution in [0.4, 0.5) is 0 Å². The molecule has 1 aliphatic carbocycles. The lowest BCUT2D eigenvalue weighted by atomic mass is 10.0. The number of pyridine rings is 1. The van der Waals surface area contributed by atoms with Crippen LogP contribution in [0, 0.1) is 0 Å². The molecule has 1 fully saturated rings. The van der Waals surface area contributed by atoms with E-state index >= 15 is 0 Å². The molecule has 0 amide bonds. The van der Waals surface area contributed by atoms with Crippen LogP contribution in [-0.2, 0) is 6.42 Å². The monoisotopic (exact) mass is 427 g/mol. The minimum atomic E-state index is 0.176. The third-order valence-electron chi connectivity index (χ3n) is 5.70. The third-order valence-corrected chi connectivity index (χ3v) is 5.70. The maximum absolute atomic E-state index is 5.70. The van der Waals surface area contributed by atoms with Gasteiger partial charge in [-0.25, -0.2) is 4.98 Å². The molecule has 0 spiro atoms. The molecule has 32 heavy (non-hydrogen) atoms. The Kier molecular flexibility index (Phi) is 4.34. The van der Waals surface area contributed by atoms with Gasteiger partial charge in [-0.2, -0.15) is 4.98 Å². The van der Waals surface area contributed by atoms with E-state index in [-0.39, 0.29) is 5.92 Å². The van der Waals surface area contributed by atoms with Crippen molar-refractivity contribution in [2.24, 2.45) is 0 Å². The number of hydrogen-bond donors (Lipinski definition) is 0. The van der Waals surface area contributed by atoms with Gasteiger partial charge in [0.15, 0.2) is 5.82 Å². The quantitative estimate of drug-likeness (QED) is 0.391. The number of para-hydroxylation sites is 1. The molecule has 0 radical (unpaired) electrons. The molecule has 0 aliphatic heterocycles. The molecule has 1 aliphatic rings. The van der Waals surface area contributed by atoms with E-state index in [4.69, 9.17) is 14.0 Å². The van der Waals surface area contributed by atoms with Crippen LogP contribution >= 0.6 is 0 Å². The van der Waals surface area contributed by atoms with Crippen LogP contribution in [0.25, 0.3) is 28.2 Å². The molecule has 0 bridgehead atoms. The number of aromatic nitrogens is 7. The second kappa shape index (κ2) is 7.37. The Labute approximate surface area is 183 Å². The Bertz CT molecular complexity index is 1400. The molecule has 5 aromatic rings. The van der Waals surface area contributed by atoms with E-state index in [1.807, 2.05) is 41.0 Å². The first-order valence-corrected chi connectivity index (χ1v) is 10.7. The lowest BCUT2D eigenvalue weighted by molar-refractivity contribution is 0.423. The lowest BCUT2D eigenvalue weighted by Crippen LogP contribution is -2.02. The largest absolute Gasteiger partial charge is 0.335 e. The van der Waals surface area contributed by atoms with Crippen LogP contribution < -0.4 is 0 Å². The van der Waals surface area contributed by atoms with Gasteiger partial charge in [0.25, 0.3) is 11.6 Å². The van der Waals surface area contributed by atoms with E-state index in [1.54, 1.807) is 6.33 Å². The molecule has 0 saturated heterocycles. The molecule has 4 heterocycles. The second-order valence-electron chi connectivity index (χ2n) is 8.42. The molecule has 1 aromatic carbocycles. The van der Waals surface area contributed by atoms with Gasteiger partial charge < -0.3 is 9.05 Å². The fraction of sp³-hybridized carbons (Fsp3) is 0.304. The van der Waals surface area contributed by atoms with Crippen LogP contribution in [-0.4, -0.2) is 35.0 Å². The van der Waals surface area contributed by atoms with Crippen molar-refractivity contribution in [3.05, 3.63) is 65.8 Å². The highest BCUT2D eigenvalue weighted by atomic mass is 16.5. The topological polar surface area (TPSA) is 109 Å². The van der Waals surface area contributed by atoms with E-state index in [2.05, 4.69) is 39.3 Å². The van der Waals surface area contributed by atoms with Crippen molar-refractivity contribution in [2.75, 3.05) is 0 Å². The summed E-state index contributed by atoms with van der Waals surface area (Å²) in [6, 6.07) is 12.0. The molecular weight excluding hydrogens is 406 g/mol. The van der Waals surface area contributed by atoms with Gasteiger partial charge >= 0.3 is 0 Å². The summed E-state index contributed by atoms with van der Waals surface area (Å²) < 4.78 is 13.2. The first-order chi connectivity index (χ1) is 15.7. The van der Waals surface area contributed by atoms with Crippen molar-refractivity contribution in [2.45, 2.75) is 44.9 Å². The van der Waals surface area contributed by atoms with Crippen LogP contribution in [0.2, 0.25) is 0 Å². The van der Waals surface area contributed by atoms with Crippen molar-refractivity contribution in [3.8, 4) is 17.1 Å². The van der Waals surface area contributed by atoms with Gasteiger partial charge in [-0.05, 0) is 37.0 Å². The fourth-order valence-electron chi connectivity index (χ4n) is 3.90. The van der Waals surface area contributed by atoms with E-state index in [1.165, 1.54) is 0 Å². The Morgan fingerprint density at radius 3 is 2.69 bits per heavy atom. The van der Waals surface area contributed by atoms with Gasteiger partial charge in [-0.1, -0.05) is 42.4 Å². The van der Waals surface area contributed by atoms with Crippen molar-refractivity contribution in [3.63, 3.8) is 0 Å². The zero-order valence-corrected chi connectivity index (χ0v) is 17.8. The van der Waals surface area contributed by atoms with Crippen LogP contribution in [0.15, 0.2) is 51.8 Å². The highest BCUT2D eigenvalue weighted by Gasteiger charge is 2.29. The highest BCUT2D eigenvalue weighted by Crippen LogP contribution is 2.42. The SMILES string of the molecule is CC(C)c1noc2nc(C3CC3)cc(-c3nc(Cc4nncn4-c4ccccc4)no3)c12. The van der Waals surface area contributed by atoms with Gasteiger partial charge in [0.05, 0.1) is 23.1 Å². The first-order valence-electron chi connectivity index (χ1n) is 10.7. The Balaban J connectivity index is 1.39. The number of rotatable bonds is 6. The lowest BCUT2D eigenvalue weighted by Gasteiger charge is -2.05. The maximum Gasteiger partial charge on any atom is 0.259 e. The number of nitrogens with zero attached hydrogens (tertiary/aromatic N) is 7. The van der Waals surface area contributed by atoms with Gasteiger partial charge in [-0.15, -0.1) is 10.2 Å². The summed E-state index contributed by atoms with van der Waals surface area (Å²) in [6.07, 6.45) is 4.34. The van der Waals surface area contributed by atoms with Crippen LogP contribution in [0.3, 0.4) is 0 Å². The maximum atomic E-state index is 5.70. The van der Waals surface area contributed by atoms with Crippen molar-refractivity contribution in [1.82, 2.24) is 35.0 Å². The van der Waals surface area contributed by atoms with Crippen LogP contribution in [0.5, 0.6) is 0 Å². The molecule has 0 unspecified atom stereocenters. The minimum Gasteiger partial charge on any atom is -0.335 e. The molecule has 160 valence electrons. The van der Waals surface area contributed by atoms with Gasteiger partial charge in [0.2, 0.25) is 0 Å². The summed E-state index contributed by atoms with van der Waals surface area (Å²) in [5, 5.41) is 17.6. The van der Waals surface area contributed by atoms with Gasteiger partial charge in [0, 0.05) is 17.3 Å². The highest BCUT2D eigenvalue weighted by molar-refractivity contribution is 5.92. The van der Waals surface area contributed by atoms with E-state index in [9.17, 15) is 0 Å². The van der Waals surface area contributed by atoms with Crippen molar-refractivity contribution >= 4 is 11.1 Å². The van der Waals surface area contributed by atoms with E-state index in [0.29, 0.717) is 29.8 Å². The summed E-state index contributed by atoms with van der Waals surface area (Å²) in [7, 11) is 0. The molecule has 1 saturated carbocycles. The second-order valence-corrected chi connectivity index (χ2v) is 8.42. The van der Waals surface area contributed by atoms with E-state index < -0.39 is 0 Å². The molecule has 0 atom stereocenters. The van der Waals surface area contributed by atoms with Crippen LogP contribution in [0.1, 0.15) is 61.6 Å². The molecular formula is C23H21N7O2. The summed E-state index contributed by atoms with van der Waals surface area (Å²) in [5.41, 5.74) is 4.16. The Morgan fingerprint density at radius 1 is 1.06 bits per heavy atom. The number of benzene rings is 1. The molecule has 9 heteroatoms. The summed E-state index contributed by atoms with van der Waals surface area (Å²) >= 11 is 0. The Hall–Kier alpha value is -3.88. The number of fused-ring (bicyclic) bond motifs is 1. The number of hydrogen-bond acceptors (Lipinski definition) is 8. The minimum absolute atomic E-state index is 0.176. The normalized spacial score (nSPS) is 14.0. The molecule has 9 nitrogen and oxygen atoms in total. The van der Waals surface area contributed by atoms with Crippen molar-refractivity contribution in [1.29, 1.82) is 0 Å². The summed E-state index contributed by atoms with van der Waals surface area (Å²) in [4.78, 5) is 9.38. The molecule has 4 aromatic heterocycles. The zero-order chi connectivity index (χ0) is 21.7.